The zero-order valence-corrected chi connectivity index (χ0v) is 15.8. The Morgan fingerprint density at radius 2 is 2.07 bits per heavy atom. The van der Waals surface area contributed by atoms with Crippen LogP contribution in [0.2, 0.25) is 0 Å². The van der Waals surface area contributed by atoms with Crippen LogP contribution in [0.1, 0.15) is 30.1 Å². The summed E-state index contributed by atoms with van der Waals surface area (Å²) in [7, 11) is 1.71. The lowest BCUT2D eigenvalue weighted by Crippen LogP contribution is -2.45. The number of carbonyl (C=O) groups excluding carboxylic acids is 1. The van der Waals surface area contributed by atoms with Gasteiger partial charge in [0.05, 0.1) is 18.8 Å². The minimum Gasteiger partial charge on any atom is -0.496 e. The van der Waals surface area contributed by atoms with Crippen LogP contribution in [-0.4, -0.2) is 58.9 Å². The molecule has 144 valence electrons. The molecule has 2 aliphatic rings. The maximum Gasteiger partial charge on any atom is 0.317 e. The first kappa shape index (κ1) is 17.9. The number of methoxy groups -OCH3 is 1. The highest BCUT2D eigenvalue weighted by molar-refractivity contribution is 5.74. The Hall–Kier alpha value is -2.54. The van der Waals surface area contributed by atoms with Gasteiger partial charge in [0.15, 0.2) is 0 Å². The molecule has 2 aliphatic heterocycles. The zero-order valence-electron chi connectivity index (χ0n) is 15.8. The molecule has 1 aromatic heterocycles. The molecule has 0 spiro atoms. The molecule has 3 heterocycles. The molecule has 7 heteroatoms. The second-order valence-electron chi connectivity index (χ2n) is 7.28. The fourth-order valence-corrected chi connectivity index (χ4v) is 4.05. The highest BCUT2D eigenvalue weighted by atomic mass is 16.5. The van der Waals surface area contributed by atoms with Crippen LogP contribution >= 0.6 is 0 Å². The molecular weight excluding hydrogens is 342 g/mol. The number of ether oxygens (including phenoxy) is 1. The van der Waals surface area contributed by atoms with Gasteiger partial charge in [0, 0.05) is 51.0 Å². The SMILES string of the molecule is COc1ccccc1CN1Cc2ccnn2[C@H](CNC(=O)N2CCCC2)C1. The number of amides is 2. The number of urea groups is 1. The fourth-order valence-electron chi connectivity index (χ4n) is 4.05. The number of hydrogen-bond donors (Lipinski definition) is 1. The Bertz CT molecular complexity index is 784. The van der Waals surface area contributed by atoms with Crippen molar-refractivity contribution in [3.8, 4) is 5.75 Å². The molecule has 0 aliphatic carbocycles. The van der Waals surface area contributed by atoms with Gasteiger partial charge in [-0.1, -0.05) is 18.2 Å². The lowest BCUT2D eigenvalue weighted by Gasteiger charge is -2.34. The topological polar surface area (TPSA) is 62.6 Å². The first-order chi connectivity index (χ1) is 13.2. The van der Waals surface area contributed by atoms with Crippen molar-refractivity contribution in [3.05, 3.63) is 47.8 Å². The fraction of sp³-hybridized carbons (Fsp3) is 0.500. The van der Waals surface area contributed by atoms with Crippen molar-refractivity contribution >= 4 is 6.03 Å². The smallest absolute Gasteiger partial charge is 0.317 e. The van der Waals surface area contributed by atoms with Gasteiger partial charge in [0.1, 0.15) is 5.75 Å². The van der Waals surface area contributed by atoms with Crippen LogP contribution in [0.5, 0.6) is 5.75 Å². The number of rotatable bonds is 5. The van der Waals surface area contributed by atoms with E-state index in [-0.39, 0.29) is 12.1 Å². The van der Waals surface area contributed by atoms with E-state index in [2.05, 4.69) is 32.1 Å². The van der Waals surface area contributed by atoms with Crippen LogP contribution in [0.3, 0.4) is 0 Å². The van der Waals surface area contributed by atoms with Crippen LogP contribution in [-0.2, 0) is 13.1 Å². The monoisotopic (exact) mass is 369 g/mol. The number of benzene rings is 1. The lowest BCUT2D eigenvalue weighted by atomic mass is 10.1. The quantitative estimate of drug-likeness (QED) is 0.878. The summed E-state index contributed by atoms with van der Waals surface area (Å²) in [5.74, 6) is 0.912. The zero-order chi connectivity index (χ0) is 18.6. The van der Waals surface area contributed by atoms with Crippen molar-refractivity contribution in [3.63, 3.8) is 0 Å². The number of para-hydroxylation sites is 1. The molecule has 1 N–H and O–H groups in total. The van der Waals surface area contributed by atoms with Crippen LogP contribution in [0, 0.1) is 0 Å². The van der Waals surface area contributed by atoms with Crippen LogP contribution < -0.4 is 10.1 Å². The number of carbonyl (C=O) groups is 1. The van der Waals surface area contributed by atoms with E-state index in [4.69, 9.17) is 4.74 Å². The van der Waals surface area contributed by atoms with Crippen molar-refractivity contribution in [2.75, 3.05) is 33.3 Å². The van der Waals surface area contributed by atoms with Crippen molar-refractivity contribution < 1.29 is 9.53 Å². The van der Waals surface area contributed by atoms with Gasteiger partial charge in [-0.05, 0) is 25.0 Å². The van der Waals surface area contributed by atoms with Crippen LogP contribution in [0.15, 0.2) is 36.5 Å². The molecule has 2 aromatic rings. The number of aromatic nitrogens is 2. The van der Waals surface area contributed by atoms with Gasteiger partial charge in [-0.2, -0.15) is 5.10 Å². The summed E-state index contributed by atoms with van der Waals surface area (Å²) < 4.78 is 7.56. The summed E-state index contributed by atoms with van der Waals surface area (Å²) >= 11 is 0. The summed E-state index contributed by atoms with van der Waals surface area (Å²) in [5, 5.41) is 7.60. The predicted molar refractivity (Wildman–Crippen MR) is 103 cm³/mol. The van der Waals surface area contributed by atoms with Gasteiger partial charge in [-0.15, -0.1) is 0 Å². The number of likely N-dealkylation sites (tertiary alicyclic amines) is 1. The Morgan fingerprint density at radius 1 is 1.26 bits per heavy atom. The maximum atomic E-state index is 12.3. The number of nitrogens with one attached hydrogen (secondary N) is 1. The number of hydrogen-bond acceptors (Lipinski definition) is 4. The standard InChI is InChI=1S/C20H27N5O2/c1-27-19-7-3-2-6-16(19)13-23-14-17-8-9-22-25(17)18(15-23)12-21-20(26)24-10-4-5-11-24/h2-3,6-9,18H,4-5,10-15H2,1H3,(H,21,26)/t18-/m1/s1. The predicted octanol–water partition coefficient (Wildman–Crippen LogP) is 2.25. The van der Waals surface area contributed by atoms with Gasteiger partial charge >= 0.3 is 6.03 Å². The molecule has 7 nitrogen and oxygen atoms in total. The third kappa shape index (κ3) is 3.93. The average Bonchev–Trinajstić information content (AvgIpc) is 3.38. The summed E-state index contributed by atoms with van der Waals surface area (Å²) in [6.45, 7) is 4.81. The van der Waals surface area contributed by atoms with E-state index in [1.807, 2.05) is 29.3 Å². The van der Waals surface area contributed by atoms with Gasteiger partial charge in [-0.3, -0.25) is 9.58 Å². The van der Waals surface area contributed by atoms with Crippen molar-refractivity contribution in [2.24, 2.45) is 0 Å². The van der Waals surface area contributed by atoms with Gasteiger partial charge in [0.25, 0.3) is 0 Å². The molecule has 1 saturated heterocycles. The Labute approximate surface area is 159 Å². The van der Waals surface area contributed by atoms with E-state index in [9.17, 15) is 4.79 Å². The minimum absolute atomic E-state index is 0.0445. The summed E-state index contributed by atoms with van der Waals surface area (Å²) in [6, 6.07) is 10.4. The first-order valence-electron chi connectivity index (χ1n) is 9.64. The molecular formula is C20H27N5O2. The van der Waals surface area contributed by atoms with E-state index in [1.54, 1.807) is 7.11 Å². The van der Waals surface area contributed by atoms with E-state index < -0.39 is 0 Å². The molecule has 0 unspecified atom stereocenters. The second-order valence-corrected chi connectivity index (χ2v) is 7.28. The Morgan fingerprint density at radius 3 is 2.89 bits per heavy atom. The van der Waals surface area contributed by atoms with Gasteiger partial charge < -0.3 is 15.0 Å². The first-order valence-corrected chi connectivity index (χ1v) is 9.64. The number of fused-ring (bicyclic) bond motifs is 1. The molecule has 0 saturated carbocycles. The normalized spacial score (nSPS) is 19.7. The largest absolute Gasteiger partial charge is 0.496 e. The third-order valence-corrected chi connectivity index (χ3v) is 5.42. The molecule has 0 bridgehead atoms. The van der Waals surface area contributed by atoms with E-state index >= 15 is 0 Å². The van der Waals surface area contributed by atoms with Gasteiger partial charge in [0.2, 0.25) is 0 Å². The lowest BCUT2D eigenvalue weighted by molar-refractivity contribution is 0.160. The number of nitrogens with zero attached hydrogens (tertiary/aromatic N) is 4. The summed E-state index contributed by atoms with van der Waals surface area (Å²) in [6.07, 6.45) is 4.05. The van der Waals surface area contributed by atoms with E-state index in [0.717, 1.165) is 51.3 Å². The molecule has 2 amide bonds. The van der Waals surface area contributed by atoms with E-state index in [1.165, 1.54) is 11.3 Å². The third-order valence-electron chi connectivity index (χ3n) is 5.42. The maximum absolute atomic E-state index is 12.3. The summed E-state index contributed by atoms with van der Waals surface area (Å²) in [4.78, 5) is 16.6. The van der Waals surface area contributed by atoms with Crippen molar-refractivity contribution in [1.82, 2.24) is 24.9 Å². The average molecular weight is 369 g/mol. The van der Waals surface area contributed by atoms with Crippen molar-refractivity contribution in [1.29, 1.82) is 0 Å². The molecule has 1 aromatic carbocycles. The molecule has 1 atom stereocenters. The highest BCUT2D eigenvalue weighted by Gasteiger charge is 2.27. The molecule has 0 radical (unpaired) electrons. The molecule has 27 heavy (non-hydrogen) atoms. The van der Waals surface area contributed by atoms with Gasteiger partial charge in [-0.25, -0.2) is 4.79 Å². The Kier molecular flexibility index (Phi) is 5.29. The Balaban J connectivity index is 1.43. The minimum atomic E-state index is 0.0445. The van der Waals surface area contributed by atoms with Crippen LogP contribution in [0.25, 0.3) is 0 Å². The second kappa shape index (κ2) is 8.00. The van der Waals surface area contributed by atoms with Crippen LogP contribution in [0.4, 0.5) is 4.79 Å². The summed E-state index contributed by atoms with van der Waals surface area (Å²) in [5.41, 5.74) is 2.35. The van der Waals surface area contributed by atoms with E-state index in [0.29, 0.717) is 6.54 Å². The highest BCUT2D eigenvalue weighted by Crippen LogP contribution is 2.25. The molecule has 1 fully saturated rings. The molecule has 4 rings (SSSR count). The van der Waals surface area contributed by atoms with Crippen molar-refractivity contribution in [2.45, 2.75) is 32.0 Å².